The van der Waals surface area contributed by atoms with Crippen LogP contribution in [0.5, 0.6) is 0 Å². The summed E-state index contributed by atoms with van der Waals surface area (Å²) < 4.78 is 0. The zero-order chi connectivity index (χ0) is 18.3. The van der Waals surface area contributed by atoms with E-state index in [2.05, 4.69) is 69.7 Å². The molecule has 0 unspecified atom stereocenters. The normalized spacial score (nSPS) is 23.7. The van der Waals surface area contributed by atoms with E-state index in [0.717, 1.165) is 39.0 Å². The van der Waals surface area contributed by atoms with Crippen molar-refractivity contribution < 1.29 is 4.79 Å². The van der Waals surface area contributed by atoms with Gasteiger partial charge in [-0.25, -0.2) is 0 Å². The molecule has 1 fully saturated rings. The second-order valence-electron chi connectivity index (χ2n) is 8.30. The molecule has 1 rings (SSSR count). The number of nitrogens with zero attached hydrogens (tertiary/aromatic N) is 1. The van der Waals surface area contributed by atoms with Crippen molar-refractivity contribution in [1.82, 2.24) is 15.5 Å². The standard InChI is InChI=1S/C19H39N3OS/c1-7-15(6)18(21-9-16-8-17(24)10-20-16)19(23)22(11-13(2)3)12-14(4)5/h13-18,20-21,24H,7-12H2,1-6H3/t15-,16+,17+,18-/m0/s1. The lowest BCUT2D eigenvalue weighted by Crippen LogP contribution is -2.53. The Bertz CT molecular complexity index is 366. The van der Waals surface area contributed by atoms with E-state index in [0.29, 0.717) is 29.0 Å². The average molecular weight is 358 g/mol. The predicted molar refractivity (Wildman–Crippen MR) is 107 cm³/mol. The third kappa shape index (κ3) is 7.32. The monoisotopic (exact) mass is 357 g/mol. The summed E-state index contributed by atoms with van der Waals surface area (Å²) in [7, 11) is 0. The van der Waals surface area contributed by atoms with E-state index in [1.807, 2.05) is 0 Å². The summed E-state index contributed by atoms with van der Waals surface area (Å²) in [5.41, 5.74) is 0. The van der Waals surface area contributed by atoms with Crippen LogP contribution in [-0.2, 0) is 4.79 Å². The van der Waals surface area contributed by atoms with Crippen molar-refractivity contribution in [2.75, 3.05) is 26.2 Å². The molecule has 0 aromatic rings. The molecule has 1 saturated heterocycles. The highest BCUT2D eigenvalue weighted by Crippen LogP contribution is 2.16. The van der Waals surface area contributed by atoms with Gasteiger partial charge in [0, 0.05) is 37.5 Å². The van der Waals surface area contributed by atoms with E-state index in [9.17, 15) is 4.79 Å². The molecular formula is C19H39N3OS. The fraction of sp³-hybridized carbons (Fsp3) is 0.947. The Kier molecular flexibility index (Phi) is 9.68. The van der Waals surface area contributed by atoms with Crippen LogP contribution in [-0.4, -0.2) is 54.3 Å². The summed E-state index contributed by atoms with van der Waals surface area (Å²) in [6, 6.07) is 0.337. The van der Waals surface area contributed by atoms with E-state index in [-0.39, 0.29) is 11.9 Å². The van der Waals surface area contributed by atoms with Gasteiger partial charge in [0.2, 0.25) is 5.91 Å². The minimum absolute atomic E-state index is 0.0896. The number of amides is 1. The summed E-state index contributed by atoms with van der Waals surface area (Å²) >= 11 is 4.54. The molecule has 0 saturated carbocycles. The van der Waals surface area contributed by atoms with Crippen LogP contribution >= 0.6 is 12.6 Å². The van der Waals surface area contributed by atoms with Gasteiger partial charge in [-0.1, -0.05) is 48.0 Å². The first kappa shape index (κ1) is 21.8. The molecule has 5 heteroatoms. The molecule has 0 aromatic carbocycles. The highest BCUT2D eigenvalue weighted by atomic mass is 32.1. The van der Waals surface area contributed by atoms with E-state index in [4.69, 9.17) is 0 Å². The lowest BCUT2D eigenvalue weighted by atomic mass is 9.96. The van der Waals surface area contributed by atoms with Crippen LogP contribution in [0.25, 0.3) is 0 Å². The number of hydrogen-bond donors (Lipinski definition) is 3. The summed E-state index contributed by atoms with van der Waals surface area (Å²) in [4.78, 5) is 15.3. The third-order valence-electron chi connectivity index (χ3n) is 4.74. The fourth-order valence-corrected chi connectivity index (χ4v) is 3.68. The van der Waals surface area contributed by atoms with Gasteiger partial charge in [-0.2, -0.15) is 12.6 Å². The molecule has 1 aliphatic rings. The summed E-state index contributed by atoms with van der Waals surface area (Å²) in [5.74, 6) is 1.60. The minimum Gasteiger partial charge on any atom is -0.341 e. The molecule has 1 aliphatic heterocycles. The van der Waals surface area contributed by atoms with Gasteiger partial charge in [-0.15, -0.1) is 0 Å². The Morgan fingerprint density at radius 3 is 2.21 bits per heavy atom. The van der Waals surface area contributed by atoms with Crippen molar-refractivity contribution in [3.63, 3.8) is 0 Å². The van der Waals surface area contributed by atoms with Crippen molar-refractivity contribution in [2.24, 2.45) is 17.8 Å². The lowest BCUT2D eigenvalue weighted by Gasteiger charge is -2.33. The van der Waals surface area contributed by atoms with Crippen molar-refractivity contribution in [3.05, 3.63) is 0 Å². The van der Waals surface area contributed by atoms with Crippen LogP contribution in [0.3, 0.4) is 0 Å². The van der Waals surface area contributed by atoms with Crippen molar-refractivity contribution in [2.45, 2.75) is 71.7 Å². The molecule has 1 heterocycles. The van der Waals surface area contributed by atoms with E-state index in [1.165, 1.54) is 0 Å². The fourth-order valence-electron chi connectivity index (χ4n) is 3.32. The van der Waals surface area contributed by atoms with Gasteiger partial charge in [0.1, 0.15) is 0 Å². The molecule has 2 N–H and O–H groups in total. The SMILES string of the molecule is CC[C@H](C)[C@H](NC[C@H]1C[C@@H](S)CN1)C(=O)N(CC(C)C)CC(C)C. The van der Waals surface area contributed by atoms with Crippen LogP contribution in [0.2, 0.25) is 0 Å². The van der Waals surface area contributed by atoms with Crippen LogP contribution in [0, 0.1) is 17.8 Å². The molecule has 4 nitrogen and oxygen atoms in total. The number of nitrogens with one attached hydrogen (secondary N) is 2. The largest absolute Gasteiger partial charge is 0.341 e. The minimum atomic E-state index is -0.0896. The van der Waals surface area contributed by atoms with Gasteiger partial charge >= 0.3 is 0 Å². The number of thiol groups is 1. The predicted octanol–water partition coefficient (Wildman–Crippen LogP) is 2.79. The highest BCUT2D eigenvalue weighted by Gasteiger charge is 2.30. The van der Waals surface area contributed by atoms with Gasteiger partial charge in [0.25, 0.3) is 0 Å². The molecule has 0 aliphatic carbocycles. The van der Waals surface area contributed by atoms with Gasteiger partial charge in [-0.05, 0) is 24.2 Å². The zero-order valence-corrected chi connectivity index (χ0v) is 17.4. The maximum absolute atomic E-state index is 13.2. The number of hydrogen-bond acceptors (Lipinski definition) is 4. The molecule has 0 bridgehead atoms. The van der Waals surface area contributed by atoms with Crippen LogP contribution in [0.15, 0.2) is 0 Å². The van der Waals surface area contributed by atoms with Crippen molar-refractivity contribution in [1.29, 1.82) is 0 Å². The lowest BCUT2D eigenvalue weighted by molar-refractivity contribution is -0.136. The molecule has 0 aromatic heterocycles. The van der Waals surface area contributed by atoms with Gasteiger partial charge in [-0.3, -0.25) is 4.79 Å². The maximum Gasteiger partial charge on any atom is 0.239 e. The second kappa shape index (κ2) is 10.7. The Balaban J connectivity index is 2.73. The molecule has 142 valence electrons. The smallest absolute Gasteiger partial charge is 0.239 e. The zero-order valence-electron chi connectivity index (χ0n) is 16.5. The number of carbonyl (C=O) groups excluding carboxylic acids is 1. The summed E-state index contributed by atoms with van der Waals surface area (Å²) in [5, 5.41) is 7.50. The Morgan fingerprint density at radius 2 is 1.79 bits per heavy atom. The second-order valence-corrected chi connectivity index (χ2v) is 9.03. The van der Waals surface area contributed by atoms with E-state index in [1.54, 1.807) is 0 Å². The van der Waals surface area contributed by atoms with Gasteiger partial charge in [0.15, 0.2) is 0 Å². The van der Waals surface area contributed by atoms with Crippen LogP contribution in [0.1, 0.15) is 54.4 Å². The highest BCUT2D eigenvalue weighted by molar-refractivity contribution is 7.81. The molecule has 24 heavy (non-hydrogen) atoms. The Hall–Kier alpha value is -0.260. The van der Waals surface area contributed by atoms with Gasteiger partial charge in [0.05, 0.1) is 6.04 Å². The Morgan fingerprint density at radius 1 is 1.21 bits per heavy atom. The topological polar surface area (TPSA) is 44.4 Å². The van der Waals surface area contributed by atoms with Crippen LogP contribution in [0.4, 0.5) is 0 Å². The van der Waals surface area contributed by atoms with Gasteiger partial charge < -0.3 is 15.5 Å². The average Bonchev–Trinajstić information content (AvgIpc) is 2.90. The molecule has 0 spiro atoms. The first-order valence-corrected chi connectivity index (χ1v) is 10.2. The number of rotatable bonds is 10. The first-order chi connectivity index (χ1) is 11.2. The molecular weight excluding hydrogens is 318 g/mol. The summed E-state index contributed by atoms with van der Waals surface area (Å²) in [6.45, 7) is 16.6. The molecule has 1 amide bonds. The van der Waals surface area contributed by atoms with Crippen molar-refractivity contribution in [3.8, 4) is 0 Å². The molecule has 0 radical (unpaired) electrons. The molecule has 4 atom stereocenters. The summed E-state index contributed by atoms with van der Waals surface area (Å²) in [6.07, 6.45) is 2.08. The van der Waals surface area contributed by atoms with Crippen molar-refractivity contribution >= 4 is 18.5 Å². The first-order valence-electron chi connectivity index (χ1n) is 9.68. The van der Waals surface area contributed by atoms with Crippen LogP contribution < -0.4 is 10.6 Å². The number of carbonyl (C=O) groups is 1. The Labute approximate surface area is 154 Å². The van der Waals surface area contributed by atoms with E-state index >= 15 is 0 Å². The quantitative estimate of drug-likeness (QED) is 0.527. The third-order valence-corrected chi connectivity index (χ3v) is 5.14. The van der Waals surface area contributed by atoms with E-state index < -0.39 is 0 Å². The maximum atomic E-state index is 13.2.